The van der Waals surface area contributed by atoms with Crippen LogP contribution in [0.5, 0.6) is 0 Å². The second-order valence-electron chi connectivity index (χ2n) is 5.02. The summed E-state index contributed by atoms with van der Waals surface area (Å²) >= 11 is 0. The average molecular weight is 259 g/mol. The summed E-state index contributed by atoms with van der Waals surface area (Å²) < 4.78 is 5.18. The molecule has 1 fully saturated rings. The lowest BCUT2D eigenvalue weighted by atomic mass is 10.0. The zero-order valence-corrected chi connectivity index (χ0v) is 12.0. The molecule has 1 aliphatic rings. The van der Waals surface area contributed by atoms with Crippen molar-refractivity contribution in [3.05, 3.63) is 0 Å². The van der Waals surface area contributed by atoms with Crippen LogP contribution in [0.1, 0.15) is 53.9 Å². The van der Waals surface area contributed by atoms with Crippen LogP contribution in [-0.2, 0) is 9.53 Å². The van der Waals surface area contributed by atoms with Gasteiger partial charge >= 0.3 is 12.1 Å². The van der Waals surface area contributed by atoms with Crippen LogP contribution >= 0.6 is 0 Å². The monoisotopic (exact) mass is 259 g/mol. The normalized spacial score (nSPS) is 19.6. The van der Waals surface area contributed by atoms with Crippen LogP contribution in [0.4, 0.5) is 4.79 Å². The Morgan fingerprint density at radius 2 is 1.78 bits per heavy atom. The minimum Gasteiger partial charge on any atom is -0.480 e. The lowest BCUT2D eigenvalue weighted by Gasteiger charge is -2.34. The number of hydrogen-bond donors (Lipinski definition) is 1. The van der Waals surface area contributed by atoms with E-state index in [1.807, 2.05) is 13.8 Å². The molecule has 1 atom stereocenters. The first kappa shape index (κ1) is 16.7. The third kappa shape index (κ3) is 5.38. The van der Waals surface area contributed by atoms with Gasteiger partial charge in [-0.2, -0.15) is 0 Å². The largest absolute Gasteiger partial charge is 0.480 e. The van der Waals surface area contributed by atoms with E-state index in [0.717, 1.165) is 12.8 Å². The summed E-state index contributed by atoms with van der Waals surface area (Å²) in [5, 5.41) is 9.01. The molecule has 0 aromatic heterocycles. The van der Waals surface area contributed by atoms with Gasteiger partial charge in [0.2, 0.25) is 0 Å². The van der Waals surface area contributed by atoms with Crippen LogP contribution in [-0.4, -0.2) is 40.3 Å². The van der Waals surface area contributed by atoms with Crippen molar-refractivity contribution in [3.8, 4) is 0 Å². The highest BCUT2D eigenvalue weighted by Crippen LogP contribution is 2.20. The molecular formula is C13H25NO4. The number of carbonyl (C=O) groups is 2. The molecular weight excluding hydrogens is 234 g/mol. The van der Waals surface area contributed by atoms with Gasteiger partial charge in [-0.3, -0.25) is 4.90 Å². The molecule has 0 aliphatic carbocycles. The first-order valence-corrected chi connectivity index (χ1v) is 6.54. The number of nitrogens with zero attached hydrogens (tertiary/aromatic N) is 1. The minimum atomic E-state index is -0.953. The molecule has 0 aromatic rings. The number of hydrogen-bond acceptors (Lipinski definition) is 3. The fourth-order valence-electron chi connectivity index (χ4n) is 1.73. The third-order valence-electron chi connectivity index (χ3n) is 2.42. The van der Waals surface area contributed by atoms with Crippen molar-refractivity contribution >= 4 is 12.1 Å². The Balaban J connectivity index is 0.00000137. The van der Waals surface area contributed by atoms with Gasteiger partial charge in [-0.1, -0.05) is 13.8 Å². The van der Waals surface area contributed by atoms with E-state index in [1.165, 1.54) is 4.90 Å². The van der Waals surface area contributed by atoms with Crippen LogP contribution in [0.15, 0.2) is 0 Å². The van der Waals surface area contributed by atoms with Gasteiger partial charge in [0.05, 0.1) is 0 Å². The summed E-state index contributed by atoms with van der Waals surface area (Å²) in [4.78, 5) is 24.1. The second kappa shape index (κ2) is 7.24. The lowest BCUT2D eigenvalue weighted by molar-refractivity contribution is -0.144. The van der Waals surface area contributed by atoms with Crippen LogP contribution in [0.2, 0.25) is 0 Å². The van der Waals surface area contributed by atoms with Crippen LogP contribution in [0.25, 0.3) is 0 Å². The Morgan fingerprint density at radius 3 is 2.22 bits per heavy atom. The van der Waals surface area contributed by atoms with E-state index in [9.17, 15) is 9.59 Å². The molecule has 0 aromatic carbocycles. The summed E-state index contributed by atoms with van der Waals surface area (Å²) in [6.45, 7) is 9.77. The van der Waals surface area contributed by atoms with Crippen LogP contribution < -0.4 is 0 Å². The van der Waals surface area contributed by atoms with E-state index < -0.39 is 23.7 Å². The highest BCUT2D eigenvalue weighted by atomic mass is 16.6. The maximum absolute atomic E-state index is 11.8. The summed E-state index contributed by atoms with van der Waals surface area (Å²) in [5.41, 5.74) is -0.586. The summed E-state index contributed by atoms with van der Waals surface area (Å²) in [5.74, 6) is -0.953. The molecule has 1 unspecified atom stereocenters. The van der Waals surface area contributed by atoms with E-state index in [-0.39, 0.29) is 0 Å². The maximum atomic E-state index is 11.8. The van der Waals surface area contributed by atoms with Crippen LogP contribution in [0.3, 0.4) is 0 Å². The Morgan fingerprint density at radius 1 is 1.22 bits per heavy atom. The summed E-state index contributed by atoms with van der Waals surface area (Å²) in [7, 11) is 0. The molecule has 18 heavy (non-hydrogen) atoms. The average Bonchev–Trinajstić information content (AvgIpc) is 2.29. The van der Waals surface area contributed by atoms with Crippen molar-refractivity contribution < 1.29 is 19.4 Å². The number of carbonyl (C=O) groups excluding carboxylic acids is 1. The summed E-state index contributed by atoms with van der Waals surface area (Å²) in [6, 6.07) is -0.733. The Hall–Kier alpha value is -1.26. The first-order chi connectivity index (χ1) is 8.31. The number of carboxylic acid groups (broad SMARTS) is 1. The van der Waals surface area contributed by atoms with Gasteiger partial charge in [0, 0.05) is 6.54 Å². The molecule has 0 bridgehead atoms. The predicted molar refractivity (Wildman–Crippen MR) is 69.6 cm³/mol. The molecule has 106 valence electrons. The highest BCUT2D eigenvalue weighted by Gasteiger charge is 2.34. The predicted octanol–water partition coefficient (Wildman–Crippen LogP) is 2.89. The van der Waals surface area contributed by atoms with E-state index in [0.29, 0.717) is 13.0 Å². The molecule has 0 radical (unpaired) electrons. The van der Waals surface area contributed by atoms with E-state index in [2.05, 4.69) is 0 Å². The van der Waals surface area contributed by atoms with Crippen molar-refractivity contribution in [2.75, 3.05) is 6.54 Å². The number of likely N-dealkylation sites (tertiary alicyclic amines) is 1. The second-order valence-corrected chi connectivity index (χ2v) is 5.02. The fraction of sp³-hybridized carbons (Fsp3) is 0.846. The zero-order chi connectivity index (χ0) is 14.3. The van der Waals surface area contributed by atoms with Gasteiger partial charge in [-0.25, -0.2) is 9.59 Å². The Labute approximate surface area is 109 Å². The van der Waals surface area contributed by atoms with Gasteiger partial charge in [0.1, 0.15) is 11.6 Å². The number of ether oxygens (including phenoxy) is 1. The van der Waals surface area contributed by atoms with Crippen molar-refractivity contribution in [2.24, 2.45) is 0 Å². The van der Waals surface area contributed by atoms with Crippen LogP contribution in [0, 0.1) is 0 Å². The molecule has 1 amide bonds. The van der Waals surface area contributed by atoms with E-state index in [4.69, 9.17) is 9.84 Å². The highest BCUT2D eigenvalue weighted by molar-refractivity contribution is 5.80. The Kier molecular flexibility index (Phi) is 6.73. The molecule has 0 saturated carbocycles. The molecule has 1 saturated heterocycles. The molecule has 0 spiro atoms. The van der Waals surface area contributed by atoms with Gasteiger partial charge < -0.3 is 9.84 Å². The van der Waals surface area contributed by atoms with Gasteiger partial charge in [0.15, 0.2) is 0 Å². The SMILES string of the molecule is CC.CC(C)(C)OC(=O)N1CCCCC1C(=O)O. The number of aliphatic carboxylic acids is 1. The molecule has 5 heteroatoms. The van der Waals surface area contributed by atoms with E-state index in [1.54, 1.807) is 20.8 Å². The Bertz CT molecular complexity index is 283. The summed E-state index contributed by atoms with van der Waals surface area (Å²) in [6.07, 6.45) is 1.66. The van der Waals surface area contributed by atoms with Crippen molar-refractivity contribution in [1.82, 2.24) is 4.90 Å². The van der Waals surface area contributed by atoms with Crippen molar-refractivity contribution in [2.45, 2.75) is 65.5 Å². The third-order valence-corrected chi connectivity index (χ3v) is 2.42. The topological polar surface area (TPSA) is 66.8 Å². The van der Waals surface area contributed by atoms with Gasteiger partial charge in [-0.05, 0) is 40.0 Å². The number of amides is 1. The van der Waals surface area contributed by atoms with Gasteiger partial charge in [0.25, 0.3) is 0 Å². The first-order valence-electron chi connectivity index (χ1n) is 6.54. The number of rotatable bonds is 1. The van der Waals surface area contributed by atoms with Crippen molar-refractivity contribution in [1.29, 1.82) is 0 Å². The fourth-order valence-corrected chi connectivity index (χ4v) is 1.73. The molecule has 1 aliphatic heterocycles. The molecule has 1 N–H and O–H groups in total. The standard InChI is InChI=1S/C11H19NO4.C2H6/c1-11(2,3)16-10(15)12-7-5-4-6-8(12)9(13)14;1-2/h8H,4-7H2,1-3H3,(H,13,14);1-2H3. The quantitative estimate of drug-likeness (QED) is 0.786. The minimum absolute atomic E-state index is 0.464. The molecule has 1 heterocycles. The number of carboxylic acids is 1. The lowest BCUT2D eigenvalue weighted by Crippen LogP contribution is -2.49. The number of piperidine rings is 1. The van der Waals surface area contributed by atoms with Gasteiger partial charge in [-0.15, -0.1) is 0 Å². The van der Waals surface area contributed by atoms with Crippen molar-refractivity contribution in [3.63, 3.8) is 0 Å². The smallest absolute Gasteiger partial charge is 0.411 e. The van der Waals surface area contributed by atoms with E-state index >= 15 is 0 Å². The maximum Gasteiger partial charge on any atom is 0.411 e. The zero-order valence-electron chi connectivity index (χ0n) is 12.0. The molecule has 5 nitrogen and oxygen atoms in total. The molecule has 1 rings (SSSR count).